The molecular formula is C21H21ClN4O3S2. The molecule has 7 nitrogen and oxygen atoms in total. The number of aromatic nitrogens is 3. The first-order valence-electron chi connectivity index (χ1n) is 9.70. The van der Waals surface area contributed by atoms with Crippen LogP contribution in [0.4, 0.5) is 0 Å². The predicted octanol–water partition coefficient (Wildman–Crippen LogP) is 3.33. The number of amides is 1. The molecule has 4 rings (SSSR count). The maximum absolute atomic E-state index is 12.7. The number of thioether (sulfide) groups is 1. The van der Waals surface area contributed by atoms with Crippen LogP contribution in [0.15, 0.2) is 59.8 Å². The first kappa shape index (κ1) is 21.9. The topological polar surface area (TPSA) is 85.2 Å². The van der Waals surface area contributed by atoms with Crippen molar-refractivity contribution in [3.8, 4) is 17.1 Å². The van der Waals surface area contributed by atoms with E-state index >= 15 is 0 Å². The lowest BCUT2D eigenvalue weighted by molar-refractivity contribution is -0.128. The predicted molar refractivity (Wildman–Crippen MR) is 122 cm³/mol. The molecule has 1 atom stereocenters. The zero-order valence-corrected chi connectivity index (χ0v) is 19.2. The van der Waals surface area contributed by atoms with E-state index in [1.54, 1.807) is 24.1 Å². The van der Waals surface area contributed by atoms with Crippen molar-refractivity contribution in [3.05, 3.63) is 59.6 Å². The Morgan fingerprint density at radius 2 is 1.87 bits per heavy atom. The molecule has 0 aliphatic carbocycles. The Morgan fingerprint density at radius 3 is 2.52 bits per heavy atom. The number of carbonyl (C=O) groups excluding carboxylic acids is 1. The Kier molecular flexibility index (Phi) is 6.36. The number of carbonyl (C=O) groups is 1. The first-order valence-corrected chi connectivity index (χ1v) is 12.9. The largest absolute Gasteiger partial charge is 0.341 e. The van der Waals surface area contributed by atoms with Crippen LogP contribution in [0.3, 0.4) is 0 Å². The van der Waals surface area contributed by atoms with E-state index in [1.807, 2.05) is 47.0 Å². The fraction of sp³-hybridized carbons (Fsp3) is 0.286. The van der Waals surface area contributed by atoms with Gasteiger partial charge in [0.1, 0.15) is 0 Å². The summed E-state index contributed by atoms with van der Waals surface area (Å²) in [6.45, 7) is 0. The lowest BCUT2D eigenvalue weighted by Crippen LogP contribution is -2.38. The molecule has 1 fully saturated rings. The maximum Gasteiger partial charge on any atom is 0.233 e. The Morgan fingerprint density at radius 1 is 1.16 bits per heavy atom. The van der Waals surface area contributed by atoms with Crippen molar-refractivity contribution in [3.63, 3.8) is 0 Å². The molecule has 2 heterocycles. The van der Waals surface area contributed by atoms with Gasteiger partial charge in [-0.2, -0.15) is 0 Å². The monoisotopic (exact) mass is 476 g/mol. The number of benzene rings is 2. The minimum atomic E-state index is -3.05. The minimum Gasteiger partial charge on any atom is -0.341 e. The Labute approximate surface area is 190 Å². The van der Waals surface area contributed by atoms with Crippen LogP contribution in [0.1, 0.15) is 6.42 Å². The van der Waals surface area contributed by atoms with Gasteiger partial charge in [-0.05, 0) is 30.7 Å². The standard InChI is InChI=1S/C21H21ClN4O3S2/c1-25(18-11-12-31(28,29)14-18)19(27)13-30-21-24-23-20(15-5-3-2-4-6-15)26(21)17-9-7-16(22)8-10-17/h2-10,18H,11-14H2,1H3. The molecule has 0 N–H and O–H groups in total. The molecule has 1 aliphatic heterocycles. The molecule has 1 aromatic heterocycles. The highest BCUT2D eigenvalue weighted by atomic mass is 35.5. The van der Waals surface area contributed by atoms with Crippen LogP contribution < -0.4 is 0 Å². The molecule has 1 amide bonds. The smallest absolute Gasteiger partial charge is 0.233 e. The van der Waals surface area contributed by atoms with E-state index in [1.165, 1.54) is 11.8 Å². The first-order chi connectivity index (χ1) is 14.8. The van der Waals surface area contributed by atoms with Gasteiger partial charge in [0.05, 0.1) is 17.3 Å². The molecule has 1 unspecified atom stereocenters. The lowest BCUT2D eigenvalue weighted by atomic mass is 10.2. The number of rotatable bonds is 6. The highest BCUT2D eigenvalue weighted by Crippen LogP contribution is 2.29. The third kappa shape index (κ3) is 4.94. The minimum absolute atomic E-state index is 0.0268. The molecule has 162 valence electrons. The van der Waals surface area contributed by atoms with Crippen LogP contribution >= 0.6 is 23.4 Å². The molecule has 31 heavy (non-hydrogen) atoms. The van der Waals surface area contributed by atoms with E-state index in [4.69, 9.17) is 11.6 Å². The van der Waals surface area contributed by atoms with Crippen molar-refractivity contribution in [1.82, 2.24) is 19.7 Å². The summed E-state index contributed by atoms with van der Waals surface area (Å²) in [6.07, 6.45) is 0.481. The number of hydrogen-bond donors (Lipinski definition) is 0. The zero-order chi connectivity index (χ0) is 22.0. The average Bonchev–Trinajstić information content (AvgIpc) is 3.35. The molecule has 1 saturated heterocycles. The third-order valence-corrected chi connectivity index (χ3v) is 8.14. The number of nitrogens with zero attached hydrogens (tertiary/aromatic N) is 4. The summed E-state index contributed by atoms with van der Waals surface area (Å²) in [7, 11) is -1.39. The van der Waals surface area contributed by atoms with Crippen LogP contribution in [-0.4, -0.2) is 64.3 Å². The second-order valence-corrected chi connectivity index (χ2v) is 10.9. The van der Waals surface area contributed by atoms with Crippen molar-refractivity contribution >= 4 is 39.1 Å². The van der Waals surface area contributed by atoms with Crippen LogP contribution in [0.5, 0.6) is 0 Å². The van der Waals surface area contributed by atoms with Crippen LogP contribution in [-0.2, 0) is 14.6 Å². The summed E-state index contributed by atoms with van der Waals surface area (Å²) in [5.41, 5.74) is 1.73. The summed E-state index contributed by atoms with van der Waals surface area (Å²) >= 11 is 7.32. The maximum atomic E-state index is 12.7. The molecule has 0 bridgehead atoms. The van der Waals surface area contributed by atoms with Crippen molar-refractivity contribution < 1.29 is 13.2 Å². The fourth-order valence-corrected chi connectivity index (χ4v) is 6.25. The number of sulfone groups is 1. The second-order valence-electron chi connectivity index (χ2n) is 7.33. The molecular weight excluding hydrogens is 456 g/mol. The summed E-state index contributed by atoms with van der Waals surface area (Å²) in [5.74, 6) is 0.812. The lowest BCUT2D eigenvalue weighted by Gasteiger charge is -2.23. The highest BCUT2D eigenvalue weighted by molar-refractivity contribution is 7.99. The molecule has 3 aromatic rings. The van der Waals surface area contributed by atoms with E-state index < -0.39 is 9.84 Å². The van der Waals surface area contributed by atoms with Crippen molar-refractivity contribution in [2.75, 3.05) is 24.3 Å². The average molecular weight is 477 g/mol. The van der Waals surface area contributed by atoms with E-state index in [0.717, 1.165) is 11.3 Å². The van der Waals surface area contributed by atoms with Gasteiger partial charge in [-0.3, -0.25) is 9.36 Å². The fourth-order valence-electron chi connectivity index (χ4n) is 3.47. The molecule has 1 aliphatic rings. The van der Waals surface area contributed by atoms with Gasteiger partial charge < -0.3 is 4.90 Å². The van der Waals surface area contributed by atoms with Gasteiger partial charge in [0, 0.05) is 29.4 Å². The summed E-state index contributed by atoms with van der Waals surface area (Å²) in [4.78, 5) is 14.3. The van der Waals surface area contributed by atoms with E-state index in [-0.39, 0.29) is 29.2 Å². The SMILES string of the molecule is CN(C(=O)CSc1nnc(-c2ccccc2)n1-c1ccc(Cl)cc1)C1CCS(=O)(=O)C1. The van der Waals surface area contributed by atoms with Gasteiger partial charge in [-0.15, -0.1) is 10.2 Å². The van der Waals surface area contributed by atoms with Crippen molar-refractivity contribution in [1.29, 1.82) is 0 Å². The van der Waals surface area contributed by atoms with Gasteiger partial charge >= 0.3 is 0 Å². The van der Waals surface area contributed by atoms with Crippen molar-refractivity contribution in [2.24, 2.45) is 0 Å². The Hall–Kier alpha value is -2.36. The number of hydrogen-bond acceptors (Lipinski definition) is 6. The third-order valence-electron chi connectivity index (χ3n) is 5.22. The second kappa shape index (κ2) is 9.02. The molecule has 0 radical (unpaired) electrons. The van der Waals surface area contributed by atoms with Gasteiger partial charge in [0.25, 0.3) is 0 Å². The number of halogens is 1. The Balaban J connectivity index is 1.58. The van der Waals surface area contributed by atoms with Gasteiger partial charge in [-0.1, -0.05) is 53.7 Å². The summed E-state index contributed by atoms with van der Waals surface area (Å²) in [5, 5.41) is 9.87. The summed E-state index contributed by atoms with van der Waals surface area (Å²) < 4.78 is 25.4. The quantitative estimate of drug-likeness (QED) is 0.507. The van der Waals surface area contributed by atoms with E-state index in [9.17, 15) is 13.2 Å². The molecule has 10 heteroatoms. The van der Waals surface area contributed by atoms with Crippen LogP contribution in [0, 0.1) is 0 Å². The van der Waals surface area contributed by atoms with Crippen molar-refractivity contribution in [2.45, 2.75) is 17.6 Å². The molecule has 2 aromatic carbocycles. The zero-order valence-electron chi connectivity index (χ0n) is 16.8. The van der Waals surface area contributed by atoms with E-state index in [0.29, 0.717) is 22.4 Å². The van der Waals surface area contributed by atoms with E-state index in [2.05, 4.69) is 10.2 Å². The van der Waals surface area contributed by atoms with Gasteiger partial charge in [0.15, 0.2) is 20.8 Å². The summed E-state index contributed by atoms with van der Waals surface area (Å²) in [6, 6.07) is 16.7. The van der Waals surface area contributed by atoms with Gasteiger partial charge in [-0.25, -0.2) is 8.42 Å². The molecule has 0 spiro atoms. The van der Waals surface area contributed by atoms with Gasteiger partial charge in [0.2, 0.25) is 5.91 Å². The van der Waals surface area contributed by atoms with Crippen LogP contribution in [0.2, 0.25) is 5.02 Å². The molecule has 0 saturated carbocycles. The Bertz CT molecular complexity index is 1180. The normalized spacial score (nSPS) is 17.5. The highest BCUT2D eigenvalue weighted by Gasteiger charge is 2.32. The van der Waals surface area contributed by atoms with Crippen LogP contribution in [0.25, 0.3) is 17.1 Å².